The van der Waals surface area contributed by atoms with Crippen LogP contribution in [0.25, 0.3) is 0 Å². The molecule has 0 aliphatic rings. The van der Waals surface area contributed by atoms with E-state index in [1.807, 2.05) is 0 Å². The van der Waals surface area contributed by atoms with E-state index >= 15 is 0 Å². The van der Waals surface area contributed by atoms with Gasteiger partial charge in [-0.1, -0.05) is 0 Å². The second-order valence-electron chi connectivity index (χ2n) is 0.231. The van der Waals surface area contributed by atoms with Gasteiger partial charge in [0.1, 0.15) is 0 Å². The Balaban J connectivity index is -0.0000000450. The minimum Gasteiger partial charge on any atom is -0.344 e. The van der Waals surface area contributed by atoms with E-state index in [0.29, 0.717) is 0 Å². The Hall–Kier alpha value is 0.549. The monoisotopic (exact) mass is 154 g/mol. The van der Waals surface area contributed by atoms with Gasteiger partial charge in [0.2, 0.25) is 0 Å². The summed E-state index contributed by atoms with van der Waals surface area (Å²) in [6, 6.07) is 0. The fourth-order valence-electron chi connectivity index (χ4n) is 0. The van der Waals surface area contributed by atoms with Crippen LogP contribution in [0.1, 0.15) is 0 Å². The van der Waals surface area contributed by atoms with Crippen LogP contribution in [-0.4, -0.2) is 13.3 Å². The maximum atomic E-state index is 8.67. The first-order valence-electron chi connectivity index (χ1n) is 0.532. The van der Waals surface area contributed by atoms with Gasteiger partial charge in [0.15, 0.2) is 0 Å². The third-order valence-corrected chi connectivity index (χ3v) is 0. The van der Waals surface area contributed by atoms with Crippen molar-refractivity contribution in [2.75, 3.05) is 0 Å². The molecule has 0 saturated carbocycles. The summed E-state index contributed by atoms with van der Waals surface area (Å²) in [5.74, 6) is 0. The average Bonchev–Trinajstić information content (AvgIpc) is 0.811. The summed E-state index contributed by atoms with van der Waals surface area (Å²) in [6.45, 7) is 0. The summed E-state index contributed by atoms with van der Waals surface area (Å²) < 4.78 is 22.8. The molecule has 0 aromatic carbocycles. The Morgan fingerprint density at radius 3 is 1.33 bits per heavy atom. The molecule has 0 unspecified atom stereocenters. The summed E-state index contributed by atoms with van der Waals surface area (Å²) in [5.41, 5.74) is 0. The van der Waals surface area contributed by atoms with Gasteiger partial charge in [-0.15, -0.1) is 0 Å². The third kappa shape index (κ3) is 190. The molecule has 5 N–H and O–H groups in total. The van der Waals surface area contributed by atoms with Crippen LogP contribution >= 0.6 is 0 Å². The normalized spacial score (nSPS) is 5.83. The van der Waals surface area contributed by atoms with Crippen molar-refractivity contribution >= 4 is 11.4 Å². The Morgan fingerprint density at radius 1 is 1.33 bits per heavy atom. The molecule has 0 fully saturated rings. The van der Waals surface area contributed by atoms with Crippen molar-refractivity contribution in [1.29, 1.82) is 0 Å². The molecule has 0 atom stereocenters. The van der Waals surface area contributed by atoms with Gasteiger partial charge < -0.3 is 6.15 Å². The van der Waals surface area contributed by atoms with Crippen LogP contribution in [0.3, 0.4) is 0 Å². The molecule has 0 rings (SSSR count). The molecular weight excluding hydrogens is 149 g/mol. The number of hydrogen-bond donors (Lipinski definition) is 3. The first kappa shape index (κ1) is 16.0. The van der Waals surface area contributed by atoms with Crippen molar-refractivity contribution < 1.29 is 30.4 Å². The molecule has 0 bridgehead atoms. The fourth-order valence-corrected chi connectivity index (χ4v) is 0. The van der Waals surface area contributed by atoms with Gasteiger partial charge in [-0.3, -0.25) is 9.11 Å². The Morgan fingerprint density at radius 2 is 1.33 bits per heavy atom. The van der Waals surface area contributed by atoms with Crippen molar-refractivity contribution in [3.8, 4) is 0 Å². The minimum absolute atomic E-state index is 0. The summed E-state index contributed by atoms with van der Waals surface area (Å²) in [4.78, 5) is 0. The maximum Gasteiger partial charge on any atom is 0.299 e. The van der Waals surface area contributed by atoms with Crippen LogP contribution in [0.5, 0.6) is 0 Å². The zero-order valence-corrected chi connectivity index (χ0v) is 4.79. The molecule has 6 heavy (non-hydrogen) atoms. The smallest absolute Gasteiger partial charge is 0.299 e. The zero-order chi connectivity index (χ0) is 3.58. The second-order valence-corrected chi connectivity index (χ2v) is 0.692. The summed E-state index contributed by atoms with van der Waals surface area (Å²) in [7, 11) is 0. The van der Waals surface area contributed by atoms with E-state index < -0.39 is 11.4 Å². The van der Waals surface area contributed by atoms with Crippen molar-refractivity contribution in [2.24, 2.45) is 0 Å². The van der Waals surface area contributed by atoms with Crippen LogP contribution in [0, 0.1) is 0 Å². The molecule has 6 heteroatoms. The van der Waals surface area contributed by atoms with Crippen molar-refractivity contribution in [2.45, 2.75) is 0 Å². The SMILES string of the molecule is N.O=S(O)O.[Mn]. The summed E-state index contributed by atoms with van der Waals surface area (Å²) in [5, 5.41) is 0. The minimum atomic E-state index is -2.61. The molecule has 0 aliphatic carbocycles. The zero-order valence-electron chi connectivity index (χ0n) is 2.80. The fraction of sp³-hybridized carbons (Fsp3) is 0. The van der Waals surface area contributed by atoms with Crippen LogP contribution in [0.15, 0.2) is 0 Å². The molecular formula is H5MnNO3S. The topological polar surface area (TPSA) is 92.5 Å². The molecule has 4 nitrogen and oxygen atoms in total. The van der Waals surface area contributed by atoms with E-state index in [0.717, 1.165) is 0 Å². The maximum absolute atomic E-state index is 8.67. The third-order valence-electron chi connectivity index (χ3n) is 0. The predicted molar refractivity (Wildman–Crippen MR) is 18.4 cm³/mol. The van der Waals surface area contributed by atoms with Crippen LogP contribution < -0.4 is 6.15 Å². The van der Waals surface area contributed by atoms with E-state index in [2.05, 4.69) is 0 Å². The molecule has 0 spiro atoms. The average molecular weight is 154 g/mol. The molecule has 0 amide bonds. The van der Waals surface area contributed by atoms with Gasteiger partial charge in [0, 0.05) is 17.1 Å². The standard InChI is InChI=1S/Mn.H3N.H2O3S/c;;1-4(2)3/h;1H3;(H2,1,2,3). The van der Waals surface area contributed by atoms with Crippen molar-refractivity contribution in [3.63, 3.8) is 0 Å². The van der Waals surface area contributed by atoms with Gasteiger partial charge in [0.25, 0.3) is 11.4 Å². The van der Waals surface area contributed by atoms with Gasteiger partial charge in [-0.05, 0) is 0 Å². The first-order chi connectivity index (χ1) is 1.73. The van der Waals surface area contributed by atoms with E-state index in [1.54, 1.807) is 0 Å². The Labute approximate surface area is 48.5 Å². The van der Waals surface area contributed by atoms with Gasteiger partial charge in [-0.2, -0.15) is 4.21 Å². The molecule has 0 aromatic heterocycles. The summed E-state index contributed by atoms with van der Waals surface area (Å²) >= 11 is -2.61. The molecule has 1 radical (unpaired) electrons. The van der Waals surface area contributed by atoms with Gasteiger partial charge in [0.05, 0.1) is 0 Å². The van der Waals surface area contributed by atoms with E-state index in [9.17, 15) is 0 Å². The molecule has 0 saturated heterocycles. The van der Waals surface area contributed by atoms with Crippen molar-refractivity contribution in [1.82, 2.24) is 6.15 Å². The van der Waals surface area contributed by atoms with Crippen LogP contribution in [0.2, 0.25) is 0 Å². The number of hydrogen-bond acceptors (Lipinski definition) is 2. The summed E-state index contributed by atoms with van der Waals surface area (Å²) in [6.07, 6.45) is 0. The Bertz CT molecular complexity index is 33.8. The van der Waals surface area contributed by atoms with E-state index in [4.69, 9.17) is 13.3 Å². The molecule has 0 aromatic rings. The van der Waals surface area contributed by atoms with Crippen LogP contribution in [-0.2, 0) is 28.4 Å². The number of rotatable bonds is 0. The largest absolute Gasteiger partial charge is 0.344 e. The van der Waals surface area contributed by atoms with E-state index in [-0.39, 0.29) is 23.2 Å². The van der Waals surface area contributed by atoms with Gasteiger partial charge >= 0.3 is 0 Å². The molecule has 41 valence electrons. The second kappa shape index (κ2) is 9.12. The first-order valence-corrected chi connectivity index (χ1v) is 1.60. The molecule has 0 aliphatic heterocycles. The predicted octanol–water partition coefficient (Wildman–Crippen LogP) is -0.159. The quantitative estimate of drug-likeness (QED) is 0.334. The van der Waals surface area contributed by atoms with E-state index in [1.165, 1.54) is 0 Å². The Kier molecular flexibility index (Phi) is 24.3. The van der Waals surface area contributed by atoms with Crippen LogP contribution in [0.4, 0.5) is 0 Å². The molecule has 0 heterocycles. The van der Waals surface area contributed by atoms with Gasteiger partial charge in [-0.25, -0.2) is 0 Å². The van der Waals surface area contributed by atoms with Crippen molar-refractivity contribution in [3.05, 3.63) is 0 Å².